The van der Waals surface area contributed by atoms with E-state index in [1.54, 1.807) is 6.20 Å². The quantitative estimate of drug-likeness (QED) is 0.877. The Hall–Kier alpha value is -1.32. The summed E-state index contributed by atoms with van der Waals surface area (Å²) in [5.74, 6) is 0.787. The normalized spacial score (nSPS) is 11.8. The molecule has 0 aliphatic heterocycles. The molecule has 4 heteroatoms. The van der Waals surface area contributed by atoms with Gasteiger partial charge in [-0.2, -0.15) is 0 Å². The molecule has 0 spiro atoms. The fourth-order valence-corrected chi connectivity index (χ4v) is 2.23. The molecule has 0 radical (unpaired) electrons. The van der Waals surface area contributed by atoms with E-state index in [-0.39, 0.29) is 5.41 Å². The third kappa shape index (κ3) is 3.62. The summed E-state index contributed by atoms with van der Waals surface area (Å²) in [7, 11) is 0. The zero-order valence-electron chi connectivity index (χ0n) is 12.2. The van der Waals surface area contributed by atoms with Crippen molar-refractivity contribution >= 4 is 22.5 Å². The van der Waals surface area contributed by atoms with Crippen LogP contribution in [0.4, 0.5) is 0 Å². The Labute approximate surface area is 125 Å². The van der Waals surface area contributed by atoms with Gasteiger partial charge in [0.05, 0.1) is 11.6 Å². The first-order valence-electron chi connectivity index (χ1n) is 6.90. The molecule has 1 heterocycles. The van der Waals surface area contributed by atoms with E-state index >= 15 is 0 Å². The number of nitrogens with one attached hydrogen (secondary N) is 1. The van der Waals surface area contributed by atoms with Crippen molar-refractivity contribution in [3.63, 3.8) is 0 Å². The van der Waals surface area contributed by atoms with Crippen molar-refractivity contribution < 1.29 is 4.74 Å². The van der Waals surface area contributed by atoms with E-state index in [0.29, 0.717) is 11.6 Å². The van der Waals surface area contributed by atoms with Gasteiger partial charge in [-0.1, -0.05) is 32.4 Å². The predicted octanol–water partition coefficient (Wildman–Crippen LogP) is 3.90. The fraction of sp³-hybridized carbons (Fsp3) is 0.438. The number of benzene rings is 1. The molecule has 0 aliphatic rings. The number of pyridine rings is 1. The van der Waals surface area contributed by atoms with Gasteiger partial charge in [-0.25, -0.2) is 0 Å². The Morgan fingerprint density at radius 1 is 1.30 bits per heavy atom. The summed E-state index contributed by atoms with van der Waals surface area (Å²) < 4.78 is 5.97. The Kier molecular flexibility index (Phi) is 4.84. The van der Waals surface area contributed by atoms with E-state index in [4.69, 9.17) is 16.3 Å². The minimum absolute atomic E-state index is 0.0662. The van der Waals surface area contributed by atoms with E-state index < -0.39 is 0 Å². The lowest BCUT2D eigenvalue weighted by atomic mass is 9.95. The Balaban J connectivity index is 2.16. The van der Waals surface area contributed by atoms with Crippen LogP contribution in [-0.4, -0.2) is 24.7 Å². The van der Waals surface area contributed by atoms with Crippen molar-refractivity contribution in [2.45, 2.75) is 20.8 Å². The van der Waals surface area contributed by atoms with Gasteiger partial charge in [-0.3, -0.25) is 4.98 Å². The van der Waals surface area contributed by atoms with Crippen LogP contribution in [0.15, 0.2) is 30.5 Å². The van der Waals surface area contributed by atoms with E-state index in [0.717, 1.165) is 29.7 Å². The number of ether oxygens (including phenoxy) is 1. The number of hydrogen-bond acceptors (Lipinski definition) is 3. The standard InChI is InChI=1S/C16H21ClN2O/c1-4-18-10-16(2,3)11-20-14-8-7-13(17)12-6-5-9-19-15(12)14/h5-9,18H,4,10-11H2,1-3H3. The SMILES string of the molecule is CCNCC(C)(C)COc1ccc(Cl)c2cccnc12. The molecule has 0 fully saturated rings. The zero-order valence-corrected chi connectivity index (χ0v) is 13.0. The molecule has 108 valence electrons. The first kappa shape index (κ1) is 15.1. The van der Waals surface area contributed by atoms with Crippen molar-refractivity contribution in [3.05, 3.63) is 35.5 Å². The van der Waals surface area contributed by atoms with Gasteiger partial charge in [0, 0.05) is 23.5 Å². The second-order valence-corrected chi connectivity index (χ2v) is 6.09. The molecule has 2 rings (SSSR count). The largest absolute Gasteiger partial charge is 0.491 e. The molecule has 0 unspecified atom stereocenters. The summed E-state index contributed by atoms with van der Waals surface area (Å²) in [5.41, 5.74) is 0.885. The Morgan fingerprint density at radius 3 is 2.85 bits per heavy atom. The summed E-state index contributed by atoms with van der Waals surface area (Å²) in [5, 5.41) is 4.98. The molecule has 1 N–H and O–H groups in total. The van der Waals surface area contributed by atoms with Crippen molar-refractivity contribution in [2.75, 3.05) is 19.7 Å². The smallest absolute Gasteiger partial charge is 0.145 e. The minimum atomic E-state index is 0.0662. The maximum Gasteiger partial charge on any atom is 0.145 e. The summed E-state index contributed by atoms with van der Waals surface area (Å²) in [6.07, 6.45) is 1.76. The van der Waals surface area contributed by atoms with E-state index in [9.17, 15) is 0 Å². The fourth-order valence-electron chi connectivity index (χ4n) is 2.02. The zero-order chi connectivity index (χ0) is 14.6. The van der Waals surface area contributed by atoms with Crippen LogP contribution in [0.1, 0.15) is 20.8 Å². The van der Waals surface area contributed by atoms with Crippen LogP contribution in [-0.2, 0) is 0 Å². The highest BCUT2D eigenvalue weighted by Crippen LogP contribution is 2.30. The number of fused-ring (bicyclic) bond motifs is 1. The third-order valence-corrected chi connectivity index (χ3v) is 3.48. The lowest BCUT2D eigenvalue weighted by molar-refractivity contribution is 0.178. The molecule has 0 saturated heterocycles. The van der Waals surface area contributed by atoms with Gasteiger partial charge < -0.3 is 10.1 Å². The van der Waals surface area contributed by atoms with Crippen molar-refractivity contribution in [1.29, 1.82) is 0 Å². The maximum atomic E-state index is 6.18. The Morgan fingerprint density at radius 2 is 2.10 bits per heavy atom. The average molecular weight is 293 g/mol. The molecule has 20 heavy (non-hydrogen) atoms. The van der Waals surface area contributed by atoms with Crippen LogP contribution in [0.2, 0.25) is 5.02 Å². The van der Waals surface area contributed by atoms with E-state index in [1.165, 1.54) is 0 Å². The average Bonchev–Trinajstić information content (AvgIpc) is 2.45. The van der Waals surface area contributed by atoms with Gasteiger partial charge in [0.1, 0.15) is 11.3 Å². The lowest BCUT2D eigenvalue weighted by Gasteiger charge is -2.25. The van der Waals surface area contributed by atoms with Crippen molar-refractivity contribution in [2.24, 2.45) is 5.41 Å². The van der Waals surface area contributed by atoms with Crippen molar-refractivity contribution in [3.8, 4) is 5.75 Å². The number of nitrogens with zero attached hydrogens (tertiary/aromatic N) is 1. The van der Waals surface area contributed by atoms with Gasteiger partial charge in [-0.15, -0.1) is 0 Å². The first-order chi connectivity index (χ1) is 9.53. The summed E-state index contributed by atoms with van der Waals surface area (Å²) in [4.78, 5) is 4.38. The van der Waals surface area contributed by atoms with Crippen LogP contribution in [0.3, 0.4) is 0 Å². The van der Waals surface area contributed by atoms with E-state index in [2.05, 4.69) is 31.1 Å². The molecule has 0 saturated carbocycles. The van der Waals surface area contributed by atoms with Gasteiger partial charge >= 0.3 is 0 Å². The molecule has 3 nitrogen and oxygen atoms in total. The number of halogens is 1. The van der Waals surface area contributed by atoms with Crippen LogP contribution in [0.5, 0.6) is 5.75 Å². The molecule has 0 amide bonds. The summed E-state index contributed by atoms with van der Waals surface area (Å²) >= 11 is 6.18. The predicted molar refractivity (Wildman–Crippen MR) is 84.6 cm³/mol. The van der Waals surface area contributed by atoms with Gasteiger partial charge in [-0.05, 0) is 30.8 Å². The topological polar surface area (TPSA) is 34.1 Å². The maximum absolute atomic E-state index is 6.18. The molecule has 1 aromatic carbocycles. The first-order valence-corrected chi connectivity index (χ1v) is 7.28. The molecule has 0 aliphatic carbocycles. The second-order valence-electron chi connectivity index (χ2n) is 5.68. The summed E-state index contributed by atoms with van der Waals surface area (Å²) in [6.45, 7) is 8.99. The highest BCUT2D eigenvalue weighted by atomic mass is 35.5. The number of hydrogen-bond donors (Lipinski definition) is 1. The lowest BCUT2D eigenvalue weighted by Crippen LogP contribution is -2.34. The number of aromatic nitrogens is 1. The van der Waals surface area contributed by atoms with Gasteiger partial charge in [0.25, 0.3) is 0 Å². The molecular formula is C16H21ClN2O. The minimum Gasteiger partial charge on any atom is -0.491 e. The molecule has 1 aromatic heterocycles. The monoisotopic (exact) mass is 292 g/mol. The Bertz CT molecular complexity index is 584. The highest BCUT2D eigenvalue weighted by Gasteiger charge is 2.19. The molecular weight excluding hydrogens is 272 g/mol. The van der Waals surface area contributed by atoms with Crippen LogP contribution < -0.4 is 10.1 Å². The van der Waals surface area contributed by atoms with Gasteiger partial charge in [0.2, 0.25) is 0 Å². The van der Waals surface area contributed by atoms with Crippen LogP contribution in [0.25, 0.3) is 10.9 Å². The van der Waals surface area contributed by atoms with Crippen molar-refractivity contribution in [1.82, 2.24) is 10.3 Å². The molecule has 0 atom stereocenters. The third-order valence-electron chi connectivity index (χ3n) is 3.15. The number of rotatable bonds is 6. The highest BCUT2D eigenvalue weighted by molar-refractivity contribution is 6.35. The van der Waals surface area contributed by atoms with Crippen LogP contribution in [0, 0.1) is 5.41 Å². The van der Waals surface area contributed by atoms with E-state index in [1.807, 2.05) is 24.3 Å². The van der Waals surface area contributed by atoms with Gasteiger partial charge in [0.15, 0.2) is 0 Å². The second kappa shape index (κ2) is 6.42. The van der Waals surface area contributed by atoms with Crippen LogP contribution >= 0.6 is 11.6 Å². The molecule has 2 aromatic rings. The summed E-state index contributed by atoms with van der Waals surface area (Å²) in [6, 6.07) is 7.59. The molecule has 0 bridgehead atoms.